The molecule has 0 saturated heterocycles. The van der Waals surface area contributed by atoms with E-state index in [0.29, 0.717) is 5.69 Å². The molecule has 82 valence electrons. The fraction of sp³-hybridized carbons (Fsp3) is 0.500. The van der Waals surface area contributed by atoms with E-state index in [2.05, 4.69) is 5.32 Å². The van der Waals surface area contributed by atoms with Gasteiger partial charge in [0, 0.05) is 12.1 Å². The molecule has 2 atom stereocenters. The minimum Gasteiger partial charge on any atom is -0.378 e. The van der Waals surface area contributed by atoms with E-state index in [4.69, 9.17) is 5.73 Å². The van der Waals surface area contributed by atoms with Gasteiger partial charge in [-0.3, -0.25) is 0 Å². The summed E-state index contributed by atoms with van der Waals surface area (Å²) in [6, 6.07) is 5.62. The molecule has 0 spiro atoms. The first-order valence-electron chi connectivity index (χ1n) is 5.45. The molecule has 0 aromatic heterocycles. The second kappa shape index (κ2) is 4.19. The van der Waals surface area contributed by atoms with Crippen LogP contribution in [-0.2, 0) is 0 Å². The molecule has 1 saturated carbocycles. The molecule has 15 heavy (non-hydrogen) atoms. The topological polar surface area (TPSA) is 38.0 Å². The molecule has 3 N–H and O–H groups in total. The van der Waals surface area contributed by atoms with Gasteiger partial charge in [0.25, 0.3) is 0 Å². The van der Waals surface area contributed by atoms with Crippen LogP contribution in [0.2, 0.25) is 0 Å². The minimum atomic E-state index is -0.186. The lowest BCUT2D eigenvalue weighted by molar-refractivity contribution is 0.607. The van der Waals surface area contributed by atoms with Crippen molar-refractivity contribution >= 4 is 5.69 Å². The zero-order valence-electron chi connectivity index (χ0n) is 8.96. The Morgan fingerprint density at radius 3 is 2.80 bits per heavy atom. The van der Waals surface area contributed by atoms with Crippen LogP contribution in [0.15, 0.2) is 18.2 Å². The van der Waals surface area contributed by atoms with E-state index in [9.17, 15) is 4.39 Å². The van der Waals surface area contributed by atoms with Crippen molar-refractivity contribution in [2.75, 3.05) is 5.32 Å². The van der Waals surface area contributed by atoms with Gasteiger partial charge in [0.1, 0.15) is 5.82 Å². The summed E-state index contributed by atoms with van der Waals surface area (Å²) in [5.74, 6) is -0.186. The highest BCUT2D eigenvalue weighted by Gasteiger charge is 2.24. The predicted molar refractivity (Wildman–Crippen MR) is 60.4 cm³/mol. The van der Waals surface area contributed by atoms with E-state index >= 15 is 0 Å². The van der Waals surface area contributed by atoms with Gasteiger partial charge in [0.15, 0.2) is 0 Å². The highest BCUT2D eigenvalue weighted by molar-refractivity contribution is 5.47. The minimum absolute atomic E-state index is 0.158. The normalized spacial score (nSPS) is 25.5. The van der Waals surface area contributed by atoms with Crippen molar-refractivity contribution in [2.45, 2.75) is 38.3 Å². The van der Waals surface area contributed by atoms with Gasteiger partial charge >= 0.3 is 0 Å². The van der Waals surface area contributed by atoms with Gasteiger partial charge in [-0.15, -0.1) is 0 Å². The Labute approximate surface area is 89.7 Å². The van der Waals surface area contributed by atoms with Crippen molar-refractivity contribution in [1.29, 1.82) is 0 Å². The number of hydrogen-bond acceptors (Lipinski definition) is 2. The molecule has 2 rings (SSSR count). The summed E-state index contributed by atoms with van der Waals surface area (Å²) in [6.45, 7) is 1.88. The molecule has 1 fully saturated rings. The lowest BCUT2D eigenvalue weighted by atomic mass is 10.1. The van der Waals surface area contributed by atoms with E-state index in [-0.39, 0.29) is 17.9 Å². The van der Waals surface area contributed by atoms with Crippen LogP contribution in [0.1, 0.15) is 24.8 Å². The molecule has 1 aromatic rings. The summed E-state index contributed by atoms with van der Waals surface area (Å²) >= 11 is 0. The number of rotatable bonds is 2. The van der Waals surface area contributed by atoms with Crippen LogP contribution in [0, 0.1) is 12.7 Å². The first kappa shape index (κ1) is 10.4. The molecule has 0 amide bonds. The van der Waals surface area contributed by atoms with Crippen LogP contribution in [0.25, 0.3) is 0 Å². The third-order valence-corrected chi connectivity index (χ3v) is 3.03. The Morgan fingerprint density at radius 1 is 1.40 bits per heavy atom. The summed E-state index contributed by atoms with van der Waals surface area (Å²) in [5.41, 5.74) is 7.43. The summed E-state index contributed by atoms with van der Waals surface area (Å²) < 4.78 is 13.5. The lowest BCUT2D eigenvalue weighted by Gasteiger charge is -2.19. The highest BCUT2D eigenvalue weighted by atomic mass is 19.1. The smallest absolute Gasteiger partial charge is 0.146 e. The maximum Gasteiger partial charge on any atom is 0.146 e. The zero-order valence-corrected chi connectivity index (χ0v) is 8.96. The quantitative estimate of drug-likeness (QED) is 0.783. The fourth-order valence-electron chi connectivity index (χ4n) is 2.10. The summed E-state index contributed by atoms with van der Waals surface area (Å²) in [7, 11) is 0. The zero-order chi connectivity index (χ0) is 10.8. The molecular weight excluding hydrogens is 191 g/mol. The SMILES string of the molecule is Cc1ccc(N[C@H]2CCC[C@@H]2N)c(F)c1. The Balaban J connectivity index is 2.10. The Morgan fingerprint density at radius 2 is 2.20 bits per heavy atom. The Hall–Kier alpha value is -1.09. The predicted octanol–water partition coefficient (Wildman–Crippen LogP) is 2.43. The molecule has 0 aliphatic heterocycles. The number of aryl methyl sites for hydroxylation is 1. The van der Waals surface area contributed by atoms with Crippen LogP contribution in [0.4, 0.5) is 10.1 Å². The van der Waals surface area contributed by atoms with Crippen LogP contribution in [0.5, 0.6) is 0 Å². The van der Waals surface area contributed by atoms with Crippen molar-refractivity contribution in [3.05, 3.63) is 29.6 Å². The maximum absolute atomic E-state index is 13.5. The summed E-state index contributed by atoms with van der Waals surface area (Å²) in [5, 5.41) is 3.19. The van der Waals surface area contributed by atoms with E-state index in [1.165, 1.54) is 0 Å². The highest BCUT2D eigenvalue weighted by Crippen LogP contribution is 2.23. The standard InChI is InChI=1S/C12H17FN2/c1-8-5-6-11(9(13)7-8)15-12-4-2-3-10(12)14/h5-7,10,12,15H,2-4,14H2,1H3/t10-,12-/m0/s1. The van der Waals surface area contributed by atoms with Gasteiger partial charge < -0.3 is 11.1 Å². The van der Waals surface area contributed by atoms with Gasteiger partial charge in [-0.25, -0.2) is 4.39 Å². The molecule has 0 radical (unpaired) electrons. The number of anilines is 1. The van der Waals surface area contributed by atoms with Crippen molar-refractivity contribution in [3.63, 3.8) is 0 Å². The molecule has 1 aliphatic carbocycles. The first-order valence-corrected chi connectivity index (χ1v) is 5.45. The van der Waals surface area contributed by atoms with Crippen molar-refractivity contribution in [2.24, 2.45) is 5.73 Å². The molecule has 1 aliphatic rings. The molecule has 0 heterocycles. The number of nitrogens with one attached hydrogen (secondary N) is 1. The number of halogens is 1. The van der Waals surface area contributed by atoms with Crippen molar-refractivity contribution in [1.82, 2.24) is 0 Å². The summed E-state index contributed by atoms with van der Waals surface area (Å²) in [4.78, 5) is 0. The van der Waals surface area contributed by atoms with Gasteiger partial charge in [-0.2, -0.15) is 0 Å². The van der Waals surface area contributed by atoms with Crippen molar-refractivity contribution < 1.29 is 4.39 Å². The maximum atomic E-state index is 13.5. The van der Waals surface area contributed by atoms with E-state index in [1.54, 1.807) is 12.1 Å². The molecule has 0 bridgehead atoms. The largest absolute Gasteiger partial charge is 0.378 e. The second-order valence-electron chi connectivity index (χ2n) is 4.33. The molecule has 3 heteroatoms. The number of nitrogens with two attached hydrogens (primary N) is 1. The van der Waals surface area contributed by atoms with Gasteiger partial charge in [0.05, 0.1) is 5.69 Å². The lowest BCUT2D eigenvalue weighted by Crippen LogP contribution is -2.35. The van der Waals surface area contributed by atoms with Crippen LogP contribution < -0.4 is 11.1 Å². The van der Waals surface area contributed by atoms with Crippen LogP contribution in [-0.4, -0.2) is 12.1 Å². The van der Waals surface area contributed by atoms with Crippen LogP contribution >= 0.6 is 0 Å². The molecular formula is C12H17FN2. The van der Waals surface area contributed by atoms with Gasteiger partial charge in [0.2, 0.25) is 0 Å². The van der Waals surface area contributed by atoms with Gasteiger partial charge in [-0.1, -0.05) is 6.07 Å². The molecule has 1 aromatic carbocycles. The number of hydrogen-bond donors (Lipinski definition) is 2. The summed E-state index contributed by atoms with van der Waals surface area (Å²) in [6.07, 6.45) is 3.20. The van der Waals surface area contributed by atoms with Crippen molar-refractivity contribution in [3.8, 4) is 0 Å². The molecule has 0 unspecified atom stereocenters. The molecule has 2 nitrogen and oxygen atoms in total. The number of benzene rings is 1. The third kappa shape index (κ3) is 2.29. The van der Waals surface area contributed by atoms with E-state index in [1.807, 2.05) is 13.0 Å². The Bertz CT molecular complexity index is 351. The van der Waals surface area contributed by atoms with E-state index < -0.39 is 0 Å². The van der Waals surface area contributed by atoms with Gasteiger partial charge in [-0.05, 0) is 43.9 Å². The third-order valence-electron chi connectivity index (χ3n) is 3.03. The monoisotopic (exact) mass is 208 g/mol. The average molecular weight is 208 g/mol. The first-order chi connectivity index (χ1) is 7.16. The Kier molecular flexibility index (Phi) is 2.91. The second-order valence-corrected chi connectivity index (χ2v) is 4.33. The van der Waals surface area contributed by atoms with Crippen LogP contribution in [0.3, 0.4) is 0 Å². The fourth-order valence-corrected chi connectivity index (χ4v) is 2.10. The van der Waals surface area contributed by atoms with E-state index in [0.717, 1.165) is 24.8 Å². The average Bonchev–Trinajstić information content (AvgIpc) is 2.57.